The number of esters is 1. The lowest BCUT2D eigenvalue weighted by molar-refractivity contribution is -0.302. The van der Waals surface area contributed by atoms with E-state index in [-0.39, 0.29) is 61.3 Å². The lowest BCUT2D eigenvalue weighted by atomic mass is 9.81. The maximum absolute atomic E-state index is 14.5. The van der Waals surface area contributed by atoms with Crippen molar-refractivity contribution in [3.63, 3.8) is 0 Å². The van der Waals surface area contributed by atoms with E-state index in [9.17, 15) is 38.6 Å². The van der Waals surface area contributed by atoms with Gasteiger partial charge >= 0.3 is 5.97 Å². The van der Waals surface area contributed by atoms with Crippen molar-refractivity contribution >= 4 is 29.2 Å². The van der Waals surface area contributed by atoms with E-state index < -0.39 is 102 Å². The fourth-order valence-corrected chi connectivity index (χ4v) is 10.7. The number of halogens is 1. The molecule has 3 fully saturated rings. The molecule has 380 valence electrons. The number of benzene rings is 1. The van der Waals surface area contributed by atoms with Crippen LogP contribution in [0, 0.1) is 35.4 Å². The highest BCUT2D eigenvalue weighted by Gasteiger charge is 2.56. The molecule has 3 heterocycles. The molecule has 1 amide bonds. The molecule has 2 saturated heterocycles. The molecular formula is C52H76FNO14. The summed E-state index contributed by atoms with van der Waals surface area (Å²) in [6.45, 7) is 10.8. The molecule has 1 saturated carbocycles. The number of methoxy groups -OCH3 is 4. The molecule has 4 aliphatic rings. The standard InChI is InChI=1S/C52H76FNO14/c1-11-35-19-29(2)18-30(3)20-45(64-9)48-46(65-10)22-32(5)52(61,68-48)49(58)50(59)54-17-13-12-14-39(54)51(60)67-47(33(6)40(55)27-41(35)56)31(4)21-34-15-16-43(44(23-34)63-8)66-28-42(57)36-24-37(53)26-38(25-36)62-7/h19,21,24-26,30,32-35,39-40,43-48,55,61H,11-18,20,22-23,27-28H2,1-10H3/b29-19+,31-21?. The first-order valence-corrected chi connectivity index (χ1v) is 24.4. The summed E-state index contributed by atoms with van der Waals surface area (Å²) in [6, 6.07) is 2.59. The van der Waals surface area contributed by atoms with Crippen molar-refractivity contribution < 1.29 is 71.7 Å². The molecule has 0 radical (unpaired) electrons. The summed E-state index contributed by atoms with van der Waals surface area (Å²) in [5.74, 6) is -8.76. The van der Waals surface area contributed by atoms with E-state index in [1.54, 1.807) is 27.9 Å². The number of carbonyl (C=O) groups is 5. The number of cyclic esters (lactones) is 1. The van der Waals surface area contributed by atoms with Crippen molar-refractivity contribution in [3.8, 4) is 5.75 Å². The molecule has 16 heteroatoms. The van der Waals surface area contributed by atoms with Gasteiger partial charge in [0.2, 0.25) is 5.79 Å². The molecule has 2 N–H and O–H groups in total. The molecule has 5 rings (SSSR count). The van der Waals surface area contributed by atoms with Gasteiger partial charge in [0.1, 0.15) is 42.2 Å². The Balaban J connectivity index is 1.44. The van der Waals surface area contributed by atoms with Gasteiger partial charge in [-0.3, -0.25) is 19.2 Å². The van der Waals surface area contributed by atoms with Crippen molar-refractivity contribution in [2.75, 3.05) is 41.6 Å². The van der Waals surface area contributed by atoms with E-state index in [0.717, 1.165) is 11.6 Å². The first-order valence-electron chi connectivity index (χ1n) is 24.4. The minimum atomic E-state index is -2.54. The highest BCUT2D eigenvalue weighted by Crippen LogP contribution is 2.39. The van der Waals surface area contributed by atoms with Crippen molar-refractivity contribution in [2.45, 2.75) is 167 Å². The number of hydrogen-bond acceptors (Lipinski definition) is 14. The van der Waals surface area contributed by atoms with Crippen LogP contribution in [0.25, 0.3) is 0 Å². The summed E-state index contributed by atoms with van der Waals surface area (Å²) in [5, 5.41) is 24.0. The van der Waals surface area contributed by atoms with Gasteiger partial charge < -0.3 is 48.3 Å². The first-order chi connectivity index (χ1) is 32.3. The lowest BCUT2D eigenvalue weighted by Gasteiger charge is -2.47. The molecule has 1 aromatic rings. The maximum atomic E-state index is 14.5. The van der Waals surface area contributed by atoms with Crippen molar-refractivity contribution in [2.24, 2.45) is 29.6 Å². The fourth-order valence-electron chi connectivity index (χ4n) is 10.7. The Bertz CT molecular complexity index is 1990. The average Bonchev–Trinajstić information content (AvgIpc) is 3.32. The van der Waals surface area contributed by atoms with Gasteiger partial charge in [0.15, 0.2) is 5.78 Å². The van der Waals surface area contributed by atoms with E-state index in [2.05, 4.69) is 0 Å². The lowest BCUT2D eigenvalue weighted by Crippen LogP contribution is -2.64. The van der Waals surface area contributed by atoms with E-state index >= 15 is 0 Å². The molecule has 3 aliphatic heterocycles. The highest BCUT2D eigenvalue weighted by atomic mass is 19.1. The fraction of sp³-hybridized carbons (Fsp3) is 0.712. The normalized spacial score (nSPS) is 36.2. The molecule has 15 nitrogen and oxygen atoms in total. The molecule has 1 aliphatic carbocycles. The van der Waals surface area contributed by atoms with E-state index in [4.69, 9.17) is 33.2 Å². The number of aliphatic hydroxyl groups excluding tert-OH is 1. The molecule has 68 heavy (non-hydrogen) atoms. The number of allylic oxidation sites excluding steroid dienone is 3. The van der Waals surface area contributed by atoms with Crippen LogP contribution >= 0.6 is 0 Å². The number of ether oxygens (including phenoxy) is 7. The quantitative estimate of drug-likeness (QED) is 0.105. The summed E-state index contributed by atoms with van der Waals surface area (Å²) in [7, 11) is 5.99. The van der Waals surface area contributed by atoms with E-state index in [1.807, 2.05) is 32.9 Å². The van der Waals surface area contributed by atoms with Gasteiger partial charge in [-0.05, 0) is 108 Å². The van der Waals surface area contributed by atoms with Crippen molar-refractivity contribution in [3.05, 3.63) is 52.9 Å². The monoisotopic (exact) mass is 958 g/mol. The number of nitrogens with zero attached hydrogens (tertiary/aromatic N) is 1. The van der Waals surface area contributed by atoms with Gasteiger partial charge in [0.05, 0.1) is 37.6 Å². The maximum Gasteiger partial charge on any atom is 0.329 e. The number of ketones is 3. The highest BCUT2D eigenvalue weighted by molar-refractivity contribution is 6.39. The van der Waals surface area contributed by atoms with Crippen LogP contribution in [0.2, 0.25) is 0 Å². The SMILES string of the molecule is CCC1/C=C(\C)CC(C)CC(OC)C2OC(O)(C(=O)C(=O)N3CCCCC3C(=O)OC(C(C)=CC3CCC(OCC(=O)c4cc(F)cc(OC)c4)C(OC)C3)C(C)C(O)CC1=O)C(C)CC2OC. The second-order valence-corrected chi connectivity index (χ2v) is 19.7. The van der Waals surface area contributed by atoms with Crippen molar-refractivity contribution in [1.29, 1.82) is 0 Å². The Morgan fingerprint density at radius 3 is 2.26 bits per heavy atom. The van der Waals surface area contributed by atoms with E-state index in [1.165, 1.54) is 38.4 Å². The Kier molecular flexibility index (Phi) is 20.1. The smallest absolute Gasteiger partial charge is 0.329 e. The van der Waals surface area contributed by atoms with Crippen LogP contribution in [-0.4, -0.2) is 140 Å². The van der Waals surface area contributed by atoms with Crippen LogP contribution in [0.3, 0.4) is 0 Å². The molecule has 2 bridgehead atoms. The Labute approximate surface area is 401 Å². The summed E-state index contributed by atoms with van der Waals surface area (Å²) in [5.41, 5.74) is 1.70. The molecule has 14 atom stereocenters. The average molecular weight is 958 g/mol. The van der Waals surface area contributed by atoms with Crippen LogP contribution in [0.15, 0.2) is 41.5 Å². The topological polar surface area (TPSA) is 194 Å². The van der Waals surface area contributed by atoms with Crippen LogP contribution in [0.5, 0.6) is 5.75 Å². The molecule has 0 spiro atoms. The molecular weight excluding hydrogens is 882 g/mol. The van der Waals surface area contributed by atoms with Gasteiger partial charge in [-0.15, -0.1) is 0 Å². The van der Waals surface area contributed by atoms with Crippen LogP contribution in [0.1, 0.15) is 123 Å². The summed E-state index contributed by atoms with van der Waals surface area (Å²) >= 11 is 0. The third-order valence-electron chi connectivity index (χ3n) is 14.7. The second kappa shape index (κ2) is 24.8. The van der Waals surface area contributed by atoms with Gasteiger partial charge in [0.25, 0.3) is 11.7 Å². The third-order valence-corrected chi connectivity index (χ3v) is 14.7. The van der Waals surface area contributed by atoms with Gasteiger partial charge in [-0.25, -0.2) is 9.18 Å². The van der Waals surface area contributed by atoms with Crippen LogP contribution < -0.4 is 4.74 Å². The minimum absolute atomic E-state index is 0.00462. The summed E-state index contributed by atoms with van der Waals surface area (Å²) in [4.78, 5) is 71.4. The predicted molar refractivity (Wildman–Crippen MR) is 249 cm³/mol. The zero-order valence-corrected chi connectivity index (χ0v) is 41.7. The summed E-state index contributed by atoms with van der Waals surface area (Å²) < 4.78 is 55.5. The Morgan fingerprint density at radius 2 is 1.60 bits per heavy atom. The number of carbonyl (C=O) groups excluding carboxylic acids is 5. The number of hydrogen-bond donors (Lipinski definition) is 2. The largest absolute Gasteiger partial charge is 0.497 e. The predicted octanol–water partition coefficient (Wildman–Crippen LogP) is 6.53. The minimum Gasteiger partial charge on any atom is -0.497 e. The van der Waals surface area contributed by atoms with Crippen LogP contribution in [0.4, 0.5) is 4.39 Å². The molecule has 14 unspecified atom stereocenters. The summed E-state index contributed by atoms with van der Waals surface area (Å²) in [6.07, 6.45) is 3.05. The van der Waals surface area contributed by atoms with Gasteiger partial charge in [-0.2, -0.15) is 0 Å². The van der Waals surface area contributed by atoms with Gasteiger partial charge in [-0.1, -0.05) is 45.4 Å². The number of rotatable bonds is 11. The van der Waals surface area contributed by atoms with E-state index in [0.29, 0.717) is 56.9 Å². The zero-order valence-electron chi connectivity index (χ0n) is 41.7. The first kappa shape index (κ1) is 55.0. The second-order valence-electron chi connectivity index (χ2n) is 19.7. The van der Waals surface area contributed by atoms with Crippen molar-refractivity contribution in [1.82, 2.24) is 4.90 Å². The Morgan fingerprint density at radius 1 is 0.912 bits per heavy atom. The van der Waals surface area contributed by atoms with Gasteiger partial charge in [0, 0.05) is 63.7 Å². The zero-order chi connectivity index (χ0) is 50.0. The Hall–Kier alpha value is -3.90. The number of Topliss-reactive ketones (excluding diaryl/α,β-unsaturated/α-hetero) is 3. The molecule has 0 aromatic heterocycles. The number of aliphatic hydroxyl groups is 2. The van der Waals surface area contributed by atoms with Crippen LogP contribution in [-0.2, 0) is 47.6 Å². The number of fused-ring (bicyclic) bond motifs is 3. The number of piperidine rings is 1. The molecule has 1 aromatic carbocycles. The number of amides is 1. The third kappa shape index (κ3) is 13.3.